The fourth-order valence-electron chi connectivity index (χ4n) is 2.58. The molecule has 0 amide bonds. The molecular formula is C16H11ClN4O. The molecule has 22 heavy (non-hydrogen) atoms. The molecule has 4 rings (SSSR count). The van der Waals surface area contributed by atoms with Crippen molar-refractivity contribution in [1.82, 2.24) is 19.6 Å². The summed E-state index contributed by atoms with van der Waals surface area (Å²) in [6.45, 7) is 0. The summed E-state index contributed by atoms with van der Waals surface area (Å²) < 4.78 is 3.06. The number of rotatable bonds is 1. The minimum Gasteiger partial charge on any atom is -0.267 e. The average Bonchev–Trinajstić information content (AvgIpc) is 2.86. The summed E-state index contributed by atoms with van der Waals surface area (Å²) in [5.74, 6) is 0. The Kier molecular flexibility index (Phi) is 2.77. The number of hydrogen-bond acceptors (Lipinski definition) is 3. The largest absolute Gasteiger partial charge is 0.301 e. The van der Waals surface area contributed by atoms with Crippen molar-refractivity contribution in [3.05, 3.63) is 63.9 Å². The van der Waals surface area contributed by atoms with Crippen LogP contribution in [0.1, 0.15) is 0 Å². The van der Waals surface area contributed by atoms with Gasteiger partial charge in [0.1, 0.15) is 5.69 Å². The molecule has 0 atom stereocenters. The first kappa shape index (κ1) is 13.0. The molecule has 0 N–H and O–H groups in total. The van der Waals surface area contributed by atoms with Gasteiger partial charge in [-0.1, -0.05) is 29.8 Å². The first-order valence-electron chi connectivity index (χ1n) is 6.76. The van der Waals surface area contributed by atoms with E-state index in [4.69, 9.17) is 11.6 Å². The predicted molar refractivity (Wildman–Crippen MR) is 85.7 cm³/mol. The molecule has 0 radical (unpaired) electrons. The lowest BCUT2D eigenvalue weighted by Gasteiger charge is -2.06. The normalized spacial score (nSPS) is 11.4. The molecule has 2 heterocycles. The smallest absolute Gasteiger partial charge is 0.267 e. The maximum Gasteiger partial charge on any atom is 0.301 e. The van der Waals surface area contributed by atoms with Crippen LogP contribution in [0.3, 0.4) is 0 Å². The molecule has 2 aliphatic heterocycles. The number of nitrogens with zero attached hydrogens (tertiary/aromatic N) is 4. The van der Waals surface area contributed by atoms with Gasteiger partial charge in [-0.05, 0) is 30.3 Å². The van der Waals surface area contributed by atoms with Gasteiger partial charge in [0.15, 0.2) is 5.69 Å². The van der Waals surface area contributed by atoms with Crippen LogP contribution in [0.2, 0.25) is 5.02 Å². The lowest BCUT2D eigenvalue weighted by molar-refractivity contribution is 0.778. The van der Waals surface area contributed by atoms with Gasteiger partial charge in [-0.25, -0.2) is 0 Å². The second kappa shape index (κ2) is 4.68. The van der Waals surface area contributed by atoms with Crippen LogP contribution in [-0.4, -0.2) is 19.6 Å². The number of fused-ring (bicyclic) bond motifs is 3. The Hall–Kier alpha value is -2.66. The van der Waals surface area contributed by atoms with Crippen LogP contribution in [0.5, 0.6) is 0 Å². The van der Waals surface area contributed by atoms with Crippen molar-refractivity contribution < 1.29 is 0 Å². The number of aryl methyl sites for hydroxylation is 1. The first-order chi connectivity index (χ1) is 10.6. The maximum atomic E-state index is 12.6. The Bertz CT molecular complexity index is 1020. The summed E-state index contributed by atoms with van der Waals surface area (Å²) >= 11 is 5.89. The molecule has 0 bridgehead atoms. The third-order valence-corrected chi connectivity index (χ3v) is 3.90. The lowest BCUT2D eigenvalue weighted by atomic mass is 10.1. The quantitative estimate of drug-likeness (QED) is 0.543. The van der Waals surface area contributed by atoms with E-state index in [2.05, 4.69) is 10.2 Å². The number of para-hydroxylation sites is 1. The van der Waals surface area contributed by atoms with Crippen LogP contribution in [0.15, 0.2) is 53.3 Å². The highest BCUT2D eigenvalue weighted by Crippen LogP contribution is 2.25. The van der Waals surface area contributed by atoms with E-state index >= 15 is 0 Å². The van der Waals surface area contributed by atoms with Crippen LogP contribution < -0.4 is 5.56 Å². The zero-order valence-corrected chi connectivity index (χ0v) is 12.4. The van der Waals surface area contributed by atoms with Crippen molar-refractivity contribution in [3.63, 3.8) is 0 Å². The molecule has 0 saturated heterocycles. The van der Waals surface area contributed by atoms with Crippen LogP contribution in [0.25, 0.3) is 28.0 Å². The number of hydrogen-bond donors (Lipinski definition) is 0. The van der Waals surface area contributed by atoms with Crippen molar-refractivity contribution in [1.29, 1.82) is 0 Å². The molecule has 2 aromatic rings. The Morgan fingerprint density at radius 2 is 1.68 bits per heavy atom. The summed E-state index contributed by atoms with van der Waals surface area (Å²) in [6.07, 6.45) is 0. The minimum absolute atomic E-state index is 0.237. The average molecular weight is 311 g/mol. The van der Waals surface area contributed by atoms with E-state index in [9.17, 15) is 4.79 Å². The van der Waals surface area contributed by atoms with Gasteiger partial charge in [0.25, 0.3) is 0 Å². The molecule has 0 fully saturated rings. The van der Waals surface area contributed by atoms with E-state index in [1.165, 1.54) is 4.68 Å². The van der Waals surface area contributed by atoms with Gasteiger partial charge in [0.05, 0.1) is 11.2 Å². The molecule has 0 saturated carbocycles. The van der Waals surface area contributed by atoms with Gasteiger partial charge in [0.2, 0.25) is 0 Å². The van der Waals surface area contributed by atoms with Crippen LogP contribution >= 0.6 is 11.6 Å². The van der Waals surface area contributed by atoms with Gasteiger partial charge in [-0.2, -0.15) is 14.9 Å². The monoisotopic (exact) mass is 310 g/mol. The zero-order chi connectivity index (χ0) is 15.3. The molecular weight excluding hydrogens is 300 g/mol. The van der Waals surface area contributed by atoms with E-state index in [0.717, 1.165) is 10.9 Å². The predicted octanol–water partition coefficient (Wildman–Crippen LogP) is 2.88. The van der Waals surface area contributed by atoms with Crippen molar-refractivity contribution in [2.45, 2.75) is 0 Å². The van der Waals surface area contributed by atoms with E-state index in [1.807, 2.05) is 31.3 Å². The second-order valence-corrected chi connectivity index (χ2v) is 5.47. The molecule has 2 aromatic carbocycles. The highest BCUT2D eigenvalue weighted by atomic mass is 35.5. The summed E-state index contributed by atoms with van der Waals surface area (Å²) in [7, 11) is 1.82. The third-order valence-electron chi connectivity index (χ3n) is 3.65. The Morgan fingerprint density at radius 1 is 0.955 bits per heavy atom. The Balaban J connectivity index is 2.08. The van der Waals surface area contributed by atoms with E-state index in [1.54, 1.807) is 28.9 Å². The molecule has 108 valence electrons. The summed E-state index contributed by atoms with van der Waals surface area (Å²) in [5, 5.41) is 10.3. The van der Waals surface area contributed by atoms with Gasteiger partial charge in [0, 0.05) is 17.5 Å². The standard InChI is InChI=1S/C16H11ClN4O/c1-20-13-5-3-2-4-12(13)14-15(18-20)16(22)21(19-14)11-8-6-10(17)7-9-11/h2-9H,1H3. The Labute approximate surface area is 130 Å². The highest BCUT2D eigenvalue weighted by Gasteiger charge is 2.21. The highest BCUT2D eigenvalue weighted by molar-refractivity contribution is 6.30. The molecule has 0 aliphatic carbocycles. The van der Waals surface area contributed by atoms with Gasteiger partial charge in [-0.15, -0.1) is 0 Å². The maximum absolute atomic E-state index is 12.6. The van der Waals surface area contributed by atoms with Crippen molar-refractivity contribution >= 4 is 22.5 Å². The number of aromatic nitrogens is 4. The summed E-state index contributed by atoms with van der Waals surface area (Å²) in [6, 6.07) is 14.7. The fourth-order valence-corrected chi connectivity index (χ4v) is 2.71. The molecule has 0 aromatic heterocycles. The van der Waals surface area contributed by atoms with Gasteiger partial charge in [-0.3, -0.25) is 9.48 Å². The second-order valence-electron chi connectivity index (χ2n) is 5.03. The van der Waals surface area contributed by atoms with Gasteiger partial charge < -0.3 is 0 Å². The van der Waals surface area contributed by atoms with Crippen molar-refractivity contribution in [2.75, 3.05) is 0 Å². The van der Waals surface area contributed by atoms with E-state index in [0.29, 0.717) is 22.1 Å². The topological polar surface area (TPSA) is 52.7 Å². The van der Waals surface area contributed by atoms with Gasteiger partial charge >= 0.3 is 5.56 Å². The van der Waals surface area contributed by atoms with Crippen LogP contribution in [-0.2, 0) is 7.05 Å². The molecule has 5 nitrogen and oxygen atoms in total. The zero-order valence-electron chi connectivity index (χ0n) is 11.7. The van der Waals surface area contributed by atoms with Crippen LogP contribution in [0.4, 0.5) is 0 Å². The molecule has 0 unspecified atom stereocenters. The first-order valence-corrected chi connectivity index (χ1v) is 7.14. The summed E-state index contributed by atoms with van der Waals surface area (Å²) in [5.41, 5.74) is 2.32. The SMILES string of the molecule is Cn1nc2c(=O)n(-c3ccc(Cl)cc3)nc-2c2ccccc21. The van der Waals surface area contributed by atoms with Crippen molar-refractivity contribution in [2.24, 2.45) is 7.05 Å². The van der Waals surface area contributed by atoms with Crippen molar-refractivity contribution in [3.8, 4) is 17.1 Å². The number of benzene rings is 2. The van der Waals surface area contributed by atoms with E-state index in [-0.39, 0.29) is 5.56 Å². The minimum atomic E-state index is -0.237. The number of halogens is 1. The van der Waals surface area contributed by atoms with Crippen LogP contribution in [0, 0.1) is 0 Å². The molecule has 6 heteroatoms. The Morgan fingerprint density at radius 3 is 2.45 bits per heavy atom. The third kappa shape index (κ3) is 1.83. The lowest BCUT2D eigenvalue weighted by Crippen LogP contribution is -2.16. The fraction of sp³-hybridized carbons (Fsp3) is 0.0625. The molecule has 0 spiro atoms. The van der Waals surface area contributed by atoms with E-state index < -0.39 is 0 Å². The summed E-state index contributed by atoms with van der Waals surface area (Å²) in [4.78, 5) is 12.6. The molecule has 2 aliphatic rings.